The standard InChI is InChI=1S/C27H32N2O3/c30-24(28-25(21-14-7-8-15-21)20-12-4-3-5-13-20)18-6-1-2-11-19-29-26(31)22-16-9-10-17-23(22)27(29)32/h3-5,9-10,12-13,16-17,21,25H,1-2,6-8,11,14-15,18-19H2,(H,28,30)/t25-/m1/s1. The molecule has 0 radical (unpaired) electrons. The van der Waals surface area contributed by atoms with Gasteiger partial charge >= 0.3 is 0 Å². The summed E-state index contributed by atoms with van der Waals surface area (Å²) in [4.78, 5) is 38.8. The molecule has 168 valence electrons. The van der Waals surface area contributed by atoms with Gasteiger partial charge in [-0.2, -0.15) is 0 Å². The minimum absolute atomic E-state index is 0.111. The van der Waals surface area contributed by atoms with E-state index in [1.165, 1.54) is 36.1 Å². The normalized spacial score (nSPS) is 16.9. The van der Waals surface area contributed by atoms with Crippen LogP contribution in [0.3, 0.4) is 0 Å². The third-order valence-electron chi connectivity index (χ3n) is 6.76. The van der Waals surface area contributed by atoms with Gasteiger partial charge in [-0.1, -0.05) is 68.1 Å². The maximum absolute atomic E-state index is 12.6. The van der Waals surface area contributed by atoms with E-state index < -0.39 is 0 Å². The monoisotopic (exact) mass is 432 g/mol. The van der Waals surface area contributed by atoms with E-state index in [2.05, 4.69) is 17.4 Å². The van der Waals surface area contributed by atoms with Crippen LogP contribution in [0, 0.1) is 5.92 Å². The number of imide groups is 1. The smallest absolute Gasteiger partial charge is 0.261 e. The lowest BCUT2D eigenvalue weighted by molar-refractivity contribution is -0.122. The lowest BCUT2D eigenvalue weighted by Crippen LogP contribution is -2.32. The van der Waals surface area contributed by atoms with Crippen LogP contribution in [0.1, 0.15) is 90.1 Å². The van der Waals surface area contributed by atoms with Crippen molar-refractivity contribution in [1.82, 2.24) is 10.2 Å². The molecule has 1 N–H and O–H groups in total. The molecule has 0 bridgehead atoms. The molecule has 4 rings (SSSR count). The Morgan fingerprint density at radius 2 is 1.44 bits per heavy atom. The fourth-order valence-corrected chi connectivity index (χ4v) is 5.02. The van der Waals surface area contributed by atoms with Crippen LogP contribution >= 0.6 is 0 Å². The highest BCUT2D eigenvalue weighted by atomic mass is 16.2. The van der Waals surface area contributed by atoms with Gasteiger partial charge in [0.2, 0.25) is 5.91 Å². The van der Waals surface area contributed by atoms with Crippen molar-refractivity contribution in [3.05, 3.63) is 71.3 Å². The predicted octanol–water partition coefficient (Wildman–Crippen LogP) is 5.28. The lowest BCUT2D eigenvalue weighted by atomic mass is 9.91. The summed E-state index contributed by atoms with van der Waals surface area (Å²) in [6.45, 7) is 0.441. The molecule has 2 aliphatic rings. The molecule has 0 unspecified atom stereocenters. The first-order chi connectivity index (χ1) is 15.6. The van der Waals surface area contributed by atoms with Crippen molar-refractivity contribution >= 4 is 17.7 Å². The number of rotatable bonds is 10. The maximum atomic E-state index is 12.6. The predicted molar refractivity (Wildman–Crippen MR) is 124 cm³/mol. The highest BCUT2D eigenvalue weighted by Gasteiger charge is 2.34. The van der Waals surface area contributed by atoms with Gasteiger partial charge < -0.3 is 5.32 Å². The Labute approximate surface area is 190 Å². The van der Waals surface area contributed by atoms with Gasteiger partial charge in [-0.05, 0) is 49.3 Å². The van der Waals surface area contributed by atoms with Crippen molar-refractivity contribution in [3.8, 4) is 0 Å². The first kappa shape index (κ1) is 22.3. The van der Waals surface area contributed by atoms with Crippen molar-refractivity contribution in [2.24, 2.45) is 5.92 Å². The van der Waals surface area contributed by atoms with Gasteiger partial charge in [-0.25, -0.2) is 0 Å². The van der Waals surface area contributed by atoms with Gasteiger partial charge in [0.15, 0.2) is 0 Å². The molecule has 2 aromatic rings. The van der Waals surface area contributed by atoms with Gasteiger partial charge in [0.05, 0.1) is 17.2 Å². The summed E-state index contributed by atoms with van der Waals surface area (Å²) < 4.78 is 0. The molecule has 5 nitrogen and oxygen atoms in total. The van der Waals surface area contributed by atoms with E-state index in [0.29, 0.717) is 30.0 Å². The number of nitrogens with one attached hydrogen (secondary N) is 1. The van der Waals surface area contributed by atoms with Crippen LogP contribution in [0.5, 0.6) is 0 Å². The maximum Gasteiger partial charge on any atom is 0.261 e. The van der Waals surface area contributed by atoms with Gasteiger partial charge in [0.1, 0.15) is 0 Å². The number of fused-ring (bicyclic) bond motifs is 1. The highest BCUT2D eigenvalue weighted by Crippen LogP contribution is 2.35. The number of carbonyl (C=O) groups is 3. The molecule has 32 heavy (non-hydrogen) atoms. The molecule has 3 amide bonds. The molecule has 1 aliphatic carbocycles. The van der Waals surface area contributed by atoms with Crippen LogP contribution in [0.4, 0.5) is 0 Å². The molecule has 1 fully saturated rings. The van der Waals surface area contributed by atoms with E-state index in [0.717, 1.165) is 25.7 Å². The van der Waals surface area contributed by atoms with Gasteiger partial charge in [-0.15, -0.1) is 0 Å². The third kappa shape index (κ3) is 5.09. The molecular formula is C27H32N2O3. The van der Waals surface area contributed by atoms with Crippen LogP contribution in [0.25, 0.3) is 0 Å². The topological polar surface area (TPSA) is 66.5 Å². The number of benzene rings is 2. The van der Waals surface area contributed by atoms with E-state index in [1.54, 1.807) is 24.3 Å². The number of amides is 3. The van der Waals surface area contributed by atoms with Gasteiger partial charge in [-0.3, -0.25) is 19.3 Å². The average Bonchev–Trinajstić information content (AvgIpc) is 3.43. The van der Waals surface area contributed by atoms with E-state index in [-0.39, 0.29) is 23.8 Å². The summed E-state index contributed by atoms with van der Waals surface area (Å²) in [5.41, 5.74) is 2.21. The fourth-order valence-electron chi connectivity index (χ4n) is 5.02. The molecular weight excluding hydrogens is 400 g/mol. The van der Waals surface area contributed by atoms with Crippen LogP contribution in [0.2, 0.25) is 0 Å². The molecule has 1 atom stereocenters. The third-order valence-corrected chi connectivity index (χ3v) is 6.76. The Morgan fingerprint density at radius 1 is 0.844 bits per heavy atom. The second kappa shape index (κ2) is 10.6. The van der Waals surface area contributed by atoms with Crippen molar-refractivity contribution < 1.29 is 14.4 Å². The second-order valence-electron chi connectivity index (χ2n) is 8.97. The first-order valence-electron chi connectivity index (χ1n) is 11.9. The van der Waals surface area contributed by atoms with E-state index in [9.17, 15) is 14.4 Å². The summed E-state index contributed by atoms with van der Waals surface area (Å²) in [5, 5.41) is 3.30. The van der Waals surface area contributed by atoms with E-state index >= 15 is 0 Å². The second-order valence-corrected chi connectivity index (χ2v) is 8.97. The Morgan fingerprint density at radius 3 is 2.09 bits per heavy atom. The van der Waals surface area contributed by atoms with Crippen molar-refractivity contribution in [3.63, 3.8) is 0 Å². The molecule has 1 aliphatic heterocycles. The first-order valence-corrected chi connectivity index (χ1v) is 11.9. The van der Waals surface area contributed by atoms with Crippen molar-refractivity contribution in [2.45, 2.75) is 63.8 Å². The largest absolute Gasteiger partial charge is 0.349 e. The Hall–Kier alpha value is -2.95. The van der Waals surface area contributed by atoms with Crippen molar-refractivity contribution in [2.75, 3.05) is 6.54 Å². The summed E-state index contributed by atoms with van der Waals surface area (Å²) in [5.74, 6) is 0.264. The summed E-state index contributed by atoms with van der Waals surface area (Å²) in [6, 6.07) is 17.4. The molecule has 0 aromatic heterocycles. The fraction of sp³-hybridized carbons (Fsp3) is 0.444. The van der Waals surface area contributed by atoms with Crippen LogP contribution in [0.15, 0.2) is 54.6 Å². The number of carbonyl (C=O) groups excluding carboxylic acids is 3. The number of nitrogens with zero attached hydrogens (tertiary/aromatic N) is 1. The summed E-state index contributed by atoms with van der Waals surface area (Å²) in [7, 11) is 0. The quantitative estimate of drug-likeness (QED) is 0.410. The zero-order valence-corrected chi connectivity index (χ0v) is 18.6. The van der Waals surface area contributed by atoms with Gasteiger partial charge in [0.25, 0.3) is 11.8 Å². The number of hydrogen-bond acceptors (Lipinski definition) is 3. The molecule has 0 spiro atoms. The molecule has 2 aromatic carbocycles. The molecule has 0 saturated heterocycles. The van der Waals surface area contributed by atoms with Gasteiger partial charge in [0, 0.05) is 13.0 Å². The minimum Gasteiger partial charge on any atom is -0.349 e. The van der Waals surface area contributed by atoms with Crippen LogP contribution in [-0.4, -0.2) is 29.2 Å². The molecule has 5 heteroatoms. The summed E-state index contributed by atoms with van der Waals surface area (Å²) in [6.07, 6.45) is 8.76. The van der Waals surface area contributed by atoms with Crippen LogP contribution < -0.4 is 5.32 Å². The Bertz CT molecular complexity index is 915. The SMILES string of the molecule is O=C(CCCCCCN1C(=O)c2ccccc2C1=O)N[C@H](c1ccccc1)C1CCCC1. The average molecular weight is 433 g/mol. The Kier molecular flexibility index (Phi) is 7.35. The van der Waals surface area contributed by atoms with E-state index in [4.69, 9.17) is 0 Å². The minimum atomic E-state index is -0.191. The zero-order valence-electron chi connectivity index (χ0n) is 18.6. The number of hydrogen-bond donors (Lipinski definition) is 1. The highest BCUT2D eigenvalue weighted by molar-refractivity contribution is 6.21. The molecule has 1 saturated carbocycles. The molecule has 1 heterocycles. The summed E-state index contributed by atoms with van der Waals surface area (Å²) >= 11 is 0. The Balaban J connectivity index is 1.18. The zero-order chi connectivity index (χ0) is 22.3. The number of unbranched alkanes of at least 4 members (excludes halogenated alkanes) is 3. The van der Waals surface area contributed by atoms with Crippen LogP contribution in [-0.2, 0) is 4.79 Å². The van der Waals surface area contributed by atoms with E-state index in [1.807, 2.05) is 18.2 Å². The lowest BCUT2D eigenvalue weighted by Gasteiger charge is -2.25. The van der Waals surface area contributed by atoms with Crippen molar-refractivity contribution in [1.29, 1.82) is 0 Å².